The van der Waals surface area contributed by atoms with Gasteiger partial charge in [0.25, 0.3) is 5.91 Å². The molecule has 0 aromatic carbocycles. The second kappa shape index (κ2) is 6.30. The Morgan fingerprint density at radius 1 is 1.41 bits per heavy atom. The van der Waals surface area contributed by atoms with Crippen molar-refractivity contribution in [1.29, 1.82) is 0 Å². The van der Waals surface area contributed by atoms with Crippen LogP contribution in [0.4, 0.5) is 0 Å². The fraction of sp³-hybridized carbons (Fsp3) is 0.471. The van der Waals surface area contributed by atoms with Crippen molar-refractivity contribution in [3.05, 3.63) is 47.8 Å². The summed E-state index contributed by atoms with van der Waals surface area (Å²) >= 11 is 0. The molecule has 5 heteroatoms. The molecular weight excluding hydrogens is 276 g/mol. The van der Waals surface area contributed by atoms with Crippen LogP contribution in [0.25, 0.3) is 0 Å². The number of nitrogens with zero attached hydrogens (tertiary/aromatic N) is 4. The Balaban J connectivity index is 1.67. The van der Waals surface area contributed by atoms with Crippen LogP contribution in [0.3, 0.4) is 0 Å². The molecule has 0 spiro atoms. The largest absolute Gasteiger partial charge is 0.336 e. The van der Waals surface area contributed by atoms with Gasteiger partial charge in [-0.3, -0.25) is 9.78 Å². The average Bonchev–Trinajstić information content (AvgIpc) is 2.93. The van der Waals surface area contributed by atoms with Gasteiger partial charge in [-0.15, -0.1) is 0 Å². The van der Waals surface area contributed by atoms with Gasteiger partial charge in [0.15, 0.2) is 5.82 Å². The average molecular weight is 298 g/mol. The van der Waals surface area contributed by atoms with Crippen molar-refractivity contribution < 1.29 is 4.79 Å². The van der Waals surface area contributed by atoms with Crippen molar-refractivity contribution in [3.63, 3.8) is 0 Å². The summed E-state index contributed by atoms with van der Waals surface area (Å²) < 4.78 is 1.79. The molecule has 3 heterocycles. The molecule has 116 valence electrons. The number of pyridine rings is 1. The van der Waals surface area contributed by atoms with E-state index in [1.54, 1.807) is 10.8 Å². The maximum atomic E-state index is 12.6. The van der Waals surface area contributed by atoms with Crippen molar-refractivity contribution in [2.24, 2.45) is 13.0 Å². The summed E-state index contributed by atoms with van der Waals surface area (Å²) in [5.41, 5.74) is 2.17. The normalized spacial score (nSPS) is 18.5. The van der Waals surface area contributed by atoms with E-state index in [0.29, 0.717) is 11.7 Å². The number of aryl methyl sites for hydroxylation is 2. The number of carbonyl (C=O) groups excluding carboxylic acids is 1. The van der Waals surface area contributed by atoms with E-state index in [1.165, 1.54) is 0 Å². The second-order valence-electron chi connectivity index (χ2n) is 6.10. The number of likely N-dealkylation sites (tertiary alicyclic amines) is 1. The third-order valence-corrected chi connectivity index (χ3v) is 4.26. The Morgan fingerprint density at radius 3 is 3.00 bits per heavy atom. The Labute approximate surface area is 131 Å². The second-order valence-corrected chi connectivity index (χ2v) is 6.10. The van der Waals surface area contributed by atoms with E-state index in [1.807, 2.05) is 31.1 Å². The molecule has 1 aliphatic heterocycles. The van der Waals surface area contributed by atoms with Gasteiger partial charge >= 0.3 is 0 Å². The predicted molar refractivity (Wildman–Crippen MR) is 84.5 cm³/mol. The number of hydrogen-bond acceptors (Lipinski definition) is 3. The van der Waals surface area contributed by atoms with E-state index in [0.717, 1.165) is 43.7 Å². The first-order valence-electron chi connectivity index (χ1n) is 7.82. The predicted octanol–water partition coefficient (Wildman–Crippen LogP) is 2.22. The molecule has 1 amide bonds. The lowest BCUT2D eigenvalue weighted by Gasteiger charge is -2.32. The molecule has 1 fully saturated rings. The van der Waals surface area contributed by atoms with Crippen molar-refractivity contribution in [3.8, 4) is 0 Å². The molecular formula is C17H22N4O. The third-order valence-electron chi connectivity index (χ3n) is 4.26. The molecule has 5 nitrogen and oxygen atoms in total. The molecule has 3 rings (SSSR count). The maximum Gasteiger partial charge on any atom is 0.289 e. The highest BCUT2D eigenvalue weighted by atomic mass is 16.2. The maximum absolute atomic E-state index is 12.6. The zero-order valence-corrected chi connectivity index (χ0v) is 13.2. The first kappa shape index (κ1) is 14.8. The zero-order chi connectivity index (χ0) is 15.5. The van der Waals surface area contributed by atoms with E-state index in [2.05, 4.69) is 22.1 Å². The van der Waals surface area contributed by atoms with Crippen LogP contribution in [-0.2, 0) is 13.5 Å². The summed E-state index contributed by atoms with van der Waals surface area (Å²) in [6, 6.07) is 6.14. The number of amides is 1. The van der Waals surface area contributed by atoms with Crippen LogP contribution < -0.4 is 0 Å². The SMILES string of the molecule is Cc1cccc(C[C@@H]2CCCN(C(=O)c3nccn3C)C2)n1. The lowest BCUT2D eigenvalue weighted by Crippen LogP contribution is -2.41. The van der Waals surface area contributed by atoms with Gasteiger partial charge in [0.2, 0.25) is 0 Å². The first-order valence-corrected chi connectivity index (χ1v) is 7.82. The topological polar surface area (TPSA) is 51.0 Å². The van der Waals surface area contributed by atoms with Gasteiger partial charge in [-0.2, -0.15) is 0 Å². The summed E-state index contributed by atoms with van der Waals surface area (Å²) in [7, 11) is 1.86. The molecule has 0 unspecified atom stereocenters. The summed E-state index contributed by atoms with van der Waals surface area (Å²) in [6.07, 6.45) is 6.62. The number of aromatic nitrogens is 3. The van der Waals surface area contributed by atoms with Gasteiger partial charge in [0, 0.05) is 43.9 Å². The lowest BCUT2D eigenvalue weighted by atomic mass is 9.93. The van der Waals surface area contributed by atoms with Crippen molar-refractivity contribution in [2.45, 2.75) is 26.2 Å². The number of piperidine rings is 1. The minimum atomic E-state index is 0.0365. The Hall–Kier alpha value is -2.17. The van der Waals surface area contributed by atoms with E-state index in [4.69, 9.17) is 0 Å². The molecule has 2 aromatic rings. The van der Waals surface area contributed by atoms with Gasteiger partial charge in [-0.25, -0.2) is 4.98 Å². The Bertz CT molecular complexity index is 664. The highest BCUT2D eigenvalue weighted by molar-refractivity contribution is 5.90. The van der Waals surface area contributed by atoms with Crippen LogP contribution in [0.15, 0.2) is 30.6 Å². The number of carbonyl (C=O) groups is 1. The summed E-state index contributed by atoms with van der Waals surface area (Å²) in [5, 5.41) is 0. The number of rotatable bonds is 3. The first-order chi connectivity index (χ1) is 10.6. The van der Waals surface area contributed by atoms with Crippen LogP contribution >= 0.6 is 0 Å². The van der Waals surface area contributed by atoms with Crippen LogP contribution in [0.2, 0.25) is 0 Å². The summed E-state index contributed by atoms with van der Waals surface area (Å²) in [4.78, 5) is 23.2. The smallest absolute Gasteiger partial charge is 0.289 e. The molecule has 0 aliphatic carbocycles. The van der Waals surface area contributed by atoms with Crippen molar-refractivity contribution >= 4 is 5.91 Å². The molecule has 1 saturated heterocycles. The molecule has 22 heavy (non-hydrogen) atoms. The van der Waals surface area contributed by atoms with Gasteiger partial charge in [-0.1, -0.05) is 6.07 Å². The number of imidazole rings is 1. The van der Waals surface area contributed by atoms with Gasteiger partial charge in [0.1, 0.15) is 0 Å². The third kappa shape index (κ3) is 3.18. The molecule has 1 atom stereocenters. The van der Waals surface area contributed by atoms with E-state index in [-0.39, 0.29) is 5.91 Å². The zero-order valence-electron chi connectivity index (χ0n) is 13.2. The Morgan fingerprint density at radius 2 is 2.27 bits per heavy atom. The minimum absolute atomic E-state index is 0.0365. The standard InChI is InChI=1S/C17H22N4O/c1-13-5-3-7-15(19-13)11-14-6-4-9-21(12-14)17(22)16-18-8-10-20(16)2/h3,5,7-8,10,14H,4,6,9,11-12H2,1-2H3/t14-/m0/s1. The van der Waals surface area contributed by atoms with E-state index >= 15 is 0 Å². The fourth-order valence-corrected chi connectivity index (χ4v) is 3.14. The monoisotopic (exact) mass is 298 g/mol. The highest BCUT2D eigenvalue weighted by Gasteiger charge is 2.26. The van der Waals surface area contributed by atoms with Crippen LogP contribution in [-0.4, -0.2) is 38.4 Å². The lowest BCUT2D eigenvalue weighted by molar-refractivity contribution is 0.0656. The Kier molecular flexibility index (Phi) is 4.22. The summed E-state index contributed by atoms with van der Waals surface area (Å²) in [5.74, 6) is 1.04. The van der Waals surface area contributed by atoms with Gasteiger partial charge < -0.3 is 9.47 Å². The molecule has 0 saturated carbocycles. The minimum Gasteiger partial charge on any atom is -0.336 e. The van der Waals surface area contributed by atoms with Crippen LogP contribution in [0.5, 0.6) is 0 Å². The van der Waals surface area contributed by atoms with Crippen molar-refractivity contribution in [2.75, 3.05) is 13.1 Å². The molecule has 0 N–H and O–H groups in total. The fourth-order valence-electron chi connectivity index (χ4n) is 3.14. The molecule has 2 aromatic heterocycles. The molecule has 0 bridgehead atoms. The molecule has 0 radical (unpaired) electrons. The van der Waals surface area contributed by atoms with Gasteiger partial charge in [0.05, 0.1) is 0 Å². The number of hydrogen-bond donors (Lipinski definition) is 0. The van der Waals surface area contributed by atoms with Crippen LogP contribution in [0, 0.1) is 12.8 Å². The highest BCUT2D eigenvalue weighted by Crippen LogP contribution is 2.21. The van der Waals surface area contributed by atoms with Crippen molar-refractivity contribution in [1.82, 2.24) is 19.4 Å². The van der Waals surface area contributed by atoms with E-state index < -0.39 is 0 Å². The quantitative estimate of drug-likeness (QED) is 0.873. The summed E-state index contributed by atoms with van der Waals surface area (Å²) in [6.45, 7) is 3.63. The van der Waals surface area contributed by atoms with Crippen LogP contribution in [0.1, 0.15) is 34.8 Å². The van der Waals surface area contributed by atoms with E-state index in [9.17, 15) is 4.79 Å². The molecule has 1 aliphatic rings. The van der Waals surface area contributed by atoms with Gasteiger partial charge in [-0.05, 0) is 44.2 Å².